The highest BCUT2D eigenvalue weighted by molar-refractivity contribution is 7.20. The summed E-state index contributed by atoms with van der Waals surface area (Å²) in [4.78, 5) is 37.1. The maximum Gasteiger partial charge on any atom is 0.345 e. The van der Waals surface area contributed by atoms with Crippen molar-refractivity contribution in [1.29, 1.82) is 0 Å². The Morgan fingerprint density at radius 1 is 1.10 bits per heavy atom. The molecule has 0 bridgehead atoms. The number of nitrogens with zero attached hydrogens (tertiary/aromatic N) is 2. The number of hydrogen-bond donors (Lipinski definition) is 4. The van der Waals surface area contributed by atoms with E-state index in [1.165, 1.54) is 6.07 Å². The summed E-state index contributed by atoms with van der Waals surface area (Å²) >= 11 is 1.03. The number of carboxylic acids is 1. The van der Waals surface area contributed by atoms with Gasteiger partial charge in [-0.2, -0.15) is 5.10 Å². The summed E-state index contributed by atoms with van der Waals surface area (Å²) in [7, 11) is 1.75. The highest BCUT2D eigenvalue weighted by Crippen LogP contribution is 2.29. The topological polar surface area (TPSA) is 129 Å². The van der Waals surface area contributed by atoms with Crippen molar-refractivity contribution >= 4 is 50.8 Å². The lowest BCUT2D eigenvalue weighted by atomic mass is 10.1. The van der Waals surface area contributed by atoms with Crippen LogP contribution in [0.5, 0.6) is 0 Å². The van der Waals surface area contributed by atoms with Gasteiger partial charge in [0.25, 0.3) is 11.8 Å². The predicted octanol–water partition coefficient (Wildman–Crippen LogP) is 3.17. The zero-order chi connectivity index (χ0) is 20.5. The Morgan fingerprint density at radius 3 is 2.62 bits per heavy atom. The zero-order valence-electron chi connectivity index (χ0n) is 15.1. The number of rotatable bonds is 5. The van der Waals surface area contributed by atoms with Crippen LogP contribution in [-0.2, 0) is 7.05 Å². The van der Waals surface area contributed by atoms with Gasteiger partial charge in [-0.25, -0.2) is 4.79 Å². The number of hydrogen-bond acceptors (Lipinski definition) is 5. The number of carbonyl (C=O) groups is 3. The molecular formula is C19H15N5O4S. The largest absolute Gasteiger partial charge is 0.477 e. The lowest BCUT2D eigenvalue weighted by Gasteiger charge is -2.11. The molecule has 0 aliphatic carbocycles. The third kappa shape index (κ3) is 3.48. The molecule has 0 spiro atoms. The number of aromatic nitrogens is 3. The van der Waals surface area contributed by atoms with E-state index in [-0.39, 0.29) is 22.2 Å². The van der Waals surface area contributed by atoms with Gasteiger partial charge in [-0.1, -0.05) is 12.1 Å². The summed E-state index contributed by atoms with van der Waals surface area (Å²) in [6, 6.07) is 11.5. The number of aromatic carboxylic acids is 1. The summed E-state index contributed by atoms with van der Waals surface area (Å²) in [5.74, 6) is -1.66. The summed E-state index contributed by atoms with van der Waals surface area (Å²) in [5.41, 5.74) is 1.05. The number of para-hydroxylation sites is 1. The highest BCUT2D eigenvalue weighted by atomic mass is 32.1. The van der Waals surface area contributed by atoms with E-state index in [1.54, 1.807) is 54.2 Å². The van der Waals surface area contributed by atoms with Crippen LogP contribution in [0.25, 0.3) is 10.2 Å². The van der Waals surface area contributed by atoms with Crippen molar-refractivity contribution in [3.63, 3.8) is 0 Å². The third-order valence-electron chi connectivity index (χ3n) is 4.30. The van der Waals surface area contributed by atoms with Crippen LogP contribution in [0.4, 0.5) is 11.5 Å². The average molecular weight is 409 g/mol. The monoisotopic (exact) mass is 409 g/mol. The fourth-order valence-corrected chi connectivity index (χ4v) is 3.71. The van der Waals surface area contributed by atoms with Crippen molar-refractivity contribution in [2.75, 3.05) is 10.6 Å². The van der Waals surface area contributed by atoms with Crippen LogP contribution in [0.15, 0.2) is 48.7 Å². The fraction of sp³-hybridized carbons (Fsp3) is 0.0526. The molecular weight excluding hydrogens is 394 g/mol. The first-order valence-corrected chi connectivity index (χ1v) is 9.30. The molecule has 29 heavy (non-hydrogen) atoms. The number of thiophene rings is 1. The van der Waals surface area contributed by atoms with E-state index in [9.17, 15) is 14.4 Å². The number of aromatic amines is 1. The van der Waals surface area contributed by atoms with Gasteiger partial charge in [0.15, 0.2) is 5.82 Å². The SMILES string of the molecule is Cn1cccc1C(=O)Nc1ccccc1C(=O)Nc1n[nH]c2sc(C(=O)O)cc12. The first kappa shape index (κ1) is 18.4. The molecule has 4 N–H and O–H groups in total. The molecule has 4 aromatic rings. The van der Waals surface area contributed by atoms with Crippen molar-refractivity contribution in [3.8, 4) is 0 Å². The second kappa shape index (κ2) is 7.24. The number of H-pyrrole nitrogens is 1. The second-order valence-corrected chi connectivity index (χ2v) is 7.24. The number of nitrogens with one attached hydrogen (secondary N) is 3. The predicted molar refractivity (Wildman–Crippen MR) is 109 cm³/mol. The molecule has 0 unspecified atom stereocenters. The smallest absolute Gasteiger partial charge is 0.345 e. The first-order chi connectivity index (χ1) is 13.9. The van der Waals surface area contributed by atoms with Crippen LogP contribution in [0.3, 0.4) is 0 Å². The quantitative estimate of drug-likeness (QED) is 0.402. The number of carbonyl (C=O) groups excluding carboxylic acids is 2. The molecule has 3 aromatic heterocycles. The molecule has 0 aliphatic heterocycles. The molecule has 3 heterocycles. The molecule has 0 saturated heterocycles. The van der Waals surface area contributed by atoms with Gasteiger partial charge < -0.3 is 20.3 Å². The van der Waals surface area contributed by atoms with E-state index in [4.69, 9.17) is 5.11 Å². The van der Waals surface area contributed by atoms with Crippen molar-refractivity contribution in [2.45, 2.75) is 0 Å². The Kier molecular flexibility index (Phi) is 4.61. The van der Waals surface area contributed by atoms with Gasteiger partial charge in [-0.05, 0) is 30.3 Å². The second-order valence-electron chi connectivity index (χ2n) is 6.19. The number of carboxylic acid groups (broad SMARTS) is 1. The van der Waals surface area contributed by atoms with Gasteiger partial charge in [-0.3, -0.25) is 14.7 Å². The highest BCUT2D eigenvalue weighted by Gasteiger charge is 2.19. The van der Waals surface area contributed by atoms with E-state index < -0.39 is 11.9 Å². The Balaban J connectivity index is 1.59. The molecule has 146 valence electrons. The number of amides is 2. The molecule has 0 atom stereocenters. The van der Waals surface area contributed by atoms with Gasteiger partial charge in [0, 0.05) is 13.2 Å². The van der Waals surface area contributed by atoms with E-state index in [1.807, 2.05) is 0 Å². The molecule has 0 radical (unpaired) electrons. The number of benzene rings is 1. The summed E-state index contributed by atoms with van der Waals surface area (Å²) in [5, 5.41) is 21.8. The maximum atomic E-state index is 12.8. The number of fused-ring (bicyclic) bond motifs is 1. The Labute approximate surface area is 168 Å². The van der Waals surface area contributed by atoms with Crippen LogP contribution in [0, 0.1) is 0 Å². The first-order valence-electron chi connectivity index (χ1n) is 8.48. The number of aryl methyl sites for hydroxylation is 1. The van der Waals surface area contributed by atoms with Gasteiger partial charge >= 0.3 is 5.97 Å². The van der Waals surface area contributed by atoms with E-state index in [2.05, 4.69) is 20.8 Å². The summed E-state index contributed by atoms with van der Waals surface area (Å²) < 4.78 is 1.68. The molecule has 4 rings (SSSR count). The van der Waals surface area contributed by atoms with Gasteiger partial charge in [-0.15, -0.1) is 11.3 Å². The van der Waals surface area contributed by atoms with Crippen molar-refractivity contribution in [2.24, 2.45) is 7.05 Å². The molecule has 0 saturated carbocycles. The zero-order valence-corrected chi connectivity index (χ0v) is 15.9. The van der Waals surface area contributed by atoms with Gasteiger partial charge in [0.05, 0.1) is 16.6 Å². The number of anilines is 2. The van der Waals surface area contributed by atoms with E-state index in [0.29, 0.717) is 21.6 Å². The lowest BCUT2D eigenvalue weighted by molar-refractivity contribution is 0.0701. The summed E-state index contributed by atoms with van der Waals surface area (Å²) in [6.45, 7) is 0. The van der Waals surface area contributed by atoms with Crippen LogP contribution in [0.2, 0.25) is 0 Å². The maximum absolute atomic E-state index is 12.8. The molecule has 2 amide bonds. The van der Waals surface area contributed by atoms with E-state index >= 15 is 0 Å². The molecule has 0 fully saturated rings. The van der Waals surface area contributed by atoms with Gasteiger partial charge in [0.1, 0.15) is 15.4 Å². The van der Waals surface area contributed by atoms with Crippen molar-refractivity contribution in [1.82, 2.24) is 14.8 Å². The van der Waals surface area contributed by atoms with Crippen molar-refractivity contribution < 1.29 is 19.5 Å². The Hall–Kier alpha value is -3.92. The minimum atomic E-state index is -1.05. The fourth-order valence-electron chi connectivity index (χ4n) is 2.87. The van der Waals surface area contributed by atoms with Crippen LogP contribution < -0.4 is 10.6 Å². The lowest BCUT2D eigenvalue weighted by Crippen LogP contribution is -2.19. The van der Waals surface area contributed by atoms with Crippen LogP contribution >= 0.6 is 11.3 Å². The minimum Gasteiger partial charge on any atom is -0.477 e. The minimum absolute atomic E-state index is 0.138. The summed E-state index contributed by atoms with van der Waals surface area (Å²) in [6.07, 6.45) is 1.75. The molecule has 10 heteroatoms. The van der Waals surface area contributed by atoms with Crippen LogP contribution in [-0.4, -0.2) is 37.7 Å². The Morgan fingerprint density at radius 2 is 1.90 bits per heavy atom. The average Bonchev–Trinajstić information content (AvgIpc) is 3.39. The molecule has 9 nitrogen and oxygen atoms in total. The van der Waals surface area contributed by atoms with Crippen LogP contribution in [0.1, 0.15) is 30.5 Å². The van der Waals surface area contributed by atoms with Crippen molar-refractivity contribution in [3.05, 3.63) is 64.8 Å². The Bertz CT molecular complexity index is 1250. The molecule has 1 aromatic carbocycles. The third-order valence-corrected chi connectivity index (χ3v) is 5.32. The molecule has 0 aliphatic rings. The van der Waals surface area contributed by atoms with Gasteiger partial charge in [0.2, 0.25) is 0 Å². The standard InChI is InChI=1S/C19H15N5O4S/c1-24-8-4-7-13(24)17(26)20-12-6-3-2-5-10(12)16(25)21-15-11-9-14(19(27)28)29-18(11)23-22-15/h2-9H,1H3,(H,20,26)(H,27,28)(H2,21,22,23,25). The van der Waals surface area contributed by atoms with E-state index in [0.717, 1.165) is 11.3 Å². The normalized spacial score (nSPS) is 10.8.